The van der Waals surface area contributed by atoms with E-state index >= 15 is 0 Å². The van der Waals surface area contributed by atoms with Gasteiger partial charge < -0.3 is 0 Å². The highest BCUT2D eigenvalue weighted by atomic mass is 15.3. The summed E-state index contributed by atoms with van der Waals surface area (Å²) in [6, 6.07) is 17.9. The molecule has 5 rings (SSSR count). The number of aromatic nitrogens is 3. The average molecular weight is 451 g/mol. The lowest BCUT2D eigenvalue weighted by atomic mass is 9.85. The zero-order valence-corrected chi connectivity index (χ0v) is 21.8. The molecule has 0 unspecified atom stereocenters. The van der Waals surface area contributed by atoms with Crippen LogP contribution < -0.4 is 4.68 Å². The van der Waals surface area contributed by atoms with Gasteiger partial charge in [0.05, 0.1) is 5.56 Å². The Labute approximate surface area is 203 Å². The van der Waals surface area contributed by atoms with Gasteiger partial charge in [-0.1, -0.05) is 84.0 Å². The Kier molecular flexibility index (Phi) is 5.47. The predicted molar refractivity (Wildman–Crippen MR) is 144 cm³/mol. The van der Waals surface area contributed by atoms with Crippen LogP contribution >= 0.6 is 0 Å². The van der Waals surface area contributed by atoms with Gasteiger partial charge in [0.15, 0.2) is 7.05 Å². The second-order valence-electron chi connectivity index (χ2n) is 10.7. The number of hydrogen-bond donors (Lipinski definition) is 0. The maximum atomic E-state index is 5.19. The minimum absolute atomic E-state index is 0.387. The van der Waals surface area contributed by atoms with Gasteiger partial charge in [-0.25, -0.2) is 0 Å². The number of fused-ring (bicyclic) bond motifs is 6. The van der Waals surface area contributed by atoms with Crippen molar-refractivity contribution in [2.75, 3.05) is 0 Å². The van der Waals surface area contributed by atoms with E-state index in [4.69, 9.17) is 4.98 Å². The van der Waals surface area contributed by atoms with E-state index in [2.05, 4.69) is 119 Å². The fraction of sp³-hybridized carbons (Fsp3) is 0.355. The third kappa shape index (κ3) is 3.33. The van der Waals surface area contributed by atoms with Crippen LogP contribution in [0, 0.1) is 6.92 Å². The Morgan fingerprint density at radius 3 is 1.97 bits per heavy atom. The van der Waals surface area contributed by atoms with E-state index in [0.29, 0.717) is 17.8 Å². The Hall–Kier alpha value is -3.20. The average Bonchev–Trinajstić information content (AvgIpc) is 3.15. The number of nitrogens with zero attached hydrogens (tertiary/aromatic N) is 3. The molecule has 0 amide bonds. The third-order valence-corrected chi connectivity index (χ3v) is 7.18. The summed E-state index contributed by atoms with van der Waals surface area (Å²) in [7, 11) is 2.16. The Balaban J connectivity index is 2.04. The fourth-order valence-electron chi connectivity index (χ4n) is 5.49. The van der Waals surface area contributed by atoms with Crippen molar-refractivity contribution in [2.45, 2.75) is 66.2 Å². The normalized spacial score (nSPS) is 12.3. The van der Waals surface area contributed by atoms with Crippen molar-refractivity contribution in [2.24, 2.45) is 7.05 Å². The maximum absolute atomic E-state index is 5.19. The summed E-state index contributed by atoms with van der Waals surface area (Å²) >= 11 is 0. The molecule has 0 N–H and O–H groups in total. The Morgan fingerprint density at radius 1 is 0.765 bits per heavy atom. The molecule has 5 aromatic rings. The van der Waals surface area contributed by atoms with Gasteiger partial charge in [0, 0.05) is 16.5 Å². The molecule has 0 fully saturated rings. The summed E-state index contributed by atoms with van der Waals surface area (Å²) in [6.45, 7) is 15.9. The first-order valence-electron chi connectivity index (χ1n) is 12.6. The molecule has 3 heteroatoms. The summed E-state index contributed by atoms with van der Waals surface area (Å²) in [5, 5.41) is 2.48. The molecule has 0 aliphatic heterocycles. The summed E-state index contributed by atoms with van der Waals surface area (Å²) in [5.74, 6) is 1.27. The van der Waals surface area contributed by atoms with Gasteiger partial charge in [-0.05, 0) is 53.0 Å². The summed E-state index contributed by atoms with van der Waals surface area (Å²) in [4.78, 5) is 5.19. The van der Waals surface area contributed by atoms with Crippen molar-refractivity contribution in [1.82, 2.24) is 9.50 Å². The zero-order chi connectivity index (χ0) is 24.3. The molecule has 0 atom stereocenters. The molecular formula is C31H36N3+. The van der Waals surface area contributed by atoms with Crippen LogP contribution in [0.4, 0.5) is 0 Å². The van der Waals surface area contributed by atoms with Crippen LogP contribution in [-0.2, 0) is 7.05 Å². The zero-order valence-electron chi connectivity index (χ0n) is 21.8. The Bertz CT molecular complexity index is 1520. The minimum atomic E-state index is 0.387. The molecule has 0 aliphatic rings. The quantitative estimate of drug-likeness (QED) is 0.202. The molecule has 0 saturated carbocycles. The highest BCUT2D eigenvalue weighted by molar-refractivity contribution is 6.14. The second-order valence-corrected chi connectivity index (χ2v) is 10.7. The van der Waals surface area contributed by atoms with Gasteiger partial charge in [-0.2, -0.15) is 0 Å². The first-order chi connectivity index (χ1) is 16.2. The topological polar surface area (TPSA) is 21.2 Å². The molecular weight excluding hydrogens is 414 g/mol. The van der Waals surface area contributed by atoms with Gasteiger partial charge in [0.2, 0.25) is 6.20 Å². The van der Waals surface area contributed by atoms with Crippen LogP contribution in [0.1, 0.15) is 81.7 Å². The lowest BCUT2D eigenvalue weighted by Crippen LogP contribution is -2.34. The molecule has 174 valence electrons. The first-order valence-corrected chi connectivity index (χ1v) is 12.6. The highest BCUT2D eigenvalue weighted by Gasteiger charge is 2.27. The lowest BCUT2D eigenvalue weighted by molar-refractivity contribution is -0.735. The first kappa shape index (κ1) is 22.6. The van der Waals surface area contributed by atoms with E-state index in [0.717, 1.165) is 11.2 Å². The third-order valence-electron chi connectivity index (χ3n) is 7.18. The Morgan fingerprint density at radius 2 is 1.38 bits per heavy atom. The van der Waals surface area contributed by atoms with Crippen LogP contribution in [0.15, 0.2) is 54.7 Å². The molecule has 0 radical (unpaired) electrons. The number of benzene rings is 2. The monoisotopic (exact) mass is 450 g/mol. The predicted octanol–water partition coefficient (Wildman–Crippen LogP) is 7.81. The largest absolute Gasteiger partial charge is 0.250 e. The molecule has 3 heterocycles. The van der Waals surface area contributed by atoms with E-state index in [1.165, 1.54) is 49.6 Å². The van der Waals surface area contributed by atoms with Crippen molar-refractivity contribution in [3.8, 4) is 11.1 Å². The molecule has 3 nitrogen and oxygen atoms in total. The number of hydrogen-bond acceptors (Lipinski definition) is 1. The van der Waals surface area contributed by atoms with Gasteiger partial charge in [0.25, 0.3) is 0 Å². The SMILES string of the molecule is Cc1cc(C(C)C)nc2c3ccccc3c3c(-c4c(C(C)C)cccc4C(C)C)c[n+](C)n3c12. The second kappa shape index (κ2) is 8.23. The highest BCUT2D eigenvalue weighted by Crippen LogP contribution is 2.41. The standard InChI is InChI=1S/C31H36N3/c1-18(2)22-14-11-15-23(19(3)4)28(22)26-17-33(8)34-30-21(7)16-27(20(5)6)32-29(30)24-12-9-10-13-25(24)31(26)34/h9-20H,1-8H3/q+1. The summed E-state index contributed by atoms with van der Waals surface area (Å²) in [5.41, 5.74) is 11.5. The van der Waals surface area contributed by atoms with Crippen LogP contribution in [0.5, 0.6) is 0 Å². The molecule has 0 saturated heterocycles. The summed E-state index contributed by atoms with van der Waals surface area (Å²) in [6.07, 6.45) is 2.32. The molecule has 0 spiro atoms. The fourth-order valence-corrected chi connectivity index (χ4v) is 5.49. The number of rotatable bonds is 4. The number of pyridine rings is 2. The molecule has 34 heavy (non-hydrogen) atoms. The van der Waals surface area contributed by atoms with Crippen LogP contribution in [0.3, 0.4) is 0 Å². The van der Waals surface area contributed by atoms with Gasteiger partial charge in [-0.3, -0.25) is 4.98 Å². The molecule has 2 aromatic carbocycles. The van der Waals surface area contributed by atoms with Crippen LogP contribution in [-0.4, -0.2) is 9.50 Å². The van der Waals surface area contributed by atoms with Crippen molar-refractivity contribution in [3.63, 3.8) is 0 Å². The van der Waals surface area contributed by atoms with Crippen molar-refractivity contribution in [3.05, 3.63) is 77.1 Å². The van der Waals surface area contributed by atoms with Crippen LogP contribution in [0.25, 0.3) is 38.4 Å². The van der Waals surface area contributed by atoms with E-state index in [9.17, 15) is 0 Å². The molecule has 0 bridgehead atoms. The van der Waals surface area contributed by atoms with E-state index in [1.807, 2.05) is 0 Å². The summed E-state index contributed by atoms with van der Waals surface area (Å²) < 4.78 is 4.64. The maximum Gasteiger partial charge on any atom is 0.204 e. The molecule has 0 aliphatic carbocycles. The van der Waals surface area contributed by atoms with Crippen molar-refractivity contribution < 1.29 is 4.68 Å². The van der Waals surface area contributed by atoms with Crippen molar-refractivity contribution >= 4 is 27.3 Å². The smallest absolute Gasteiger partial charge is 0.204 e. The number of aryl methyl sites for hydroxylation is 2. The van der Waals surface area contributed by atoms with E-state index < -0.39 is 0 Å². The lowest BCUT2D eigenvalue weighted by Gasteiger charge is -2.19. The van der Waals surface area contributed by atoms with E-state index in [-0.39, 0.29) is 0 Å². The van der Waals surface area contributed by atoms with Crippen LogP contribution in [0.2, 0.25) is 0 Å². The van der Waals surface area contributed by atoms with Gasteiger partial charge >= 0.3 is 0 Å². The van der Waals surface area contributed by atoms with Gasteiger partial charge in [0.1, 0.15) is 16.6 Å². The molecule has 3 aromatic heterocycles. The van der Waals surface area contributed by atoms with Gasteiger partial charge in [-0.15, -0.1) is 9.20 Å². The van der Waals surface area contributed by atoms with E-state index in [1.54, 1.807) is 0 Å². The van der Waals surface area contributed by atoms with Crippen molar-refractivity contribution in [1.29, 1.82) is 0 Å². The minimum Gasteiger partial charge on any atom is -0.250 e.